The van der Waals surface area contributed by atoms with E-state index < -0.39 is 33.1 Å². The quantitative estimate of drug-likeness (QED) is 0.204. The molecule has 5 rings (SSSR count). The summed E-state index contributed by atoms with van der Waals surface area (Å²) in [6, 6.07) is 14.1. The normalized spacial score (nSPS) is 17.8. The van der Waals surface area contributed by atoms with Crippen molar-refractivity contribution in [2.75, 3.05) is 49.0 Å². The number of ether oxygens (including phenoxy) is 1. The molecule has 0 N–H and O–H groups in total. The fourth-order valence-corrected chi connectivity index (χ4v) is 7.37. The number of piperazine rings is 1. The third-order valence-corrected chi connectivity index (χ3v) is 9.55. The van der Waals surface area contributed by atoms with Crippen LogP contribution < -0.4 is 9.21 Å². The highest BCUT2D eigenvalue weighted by atomic mass is 32.2. The summed E-state index contributed by atoms with van der Waals surface area (Å²) in [6.07, 6.45) is -3.34. The zero-order valence-corrected chi connectivity index (χ0v) is 24.7. The van der Waals surface area contributed by atoms with Gasteiger partial charge in [0.2, 0.25) is 0 Å². The summed E-state index contributed by atoms with van der Waals surface area (Å²) in [7, 11) is -2.74. The van der Waals surface area contributed by atoms with Gasteiger partial charge in [-0.05, 0) is 66.9 Å². The lowest BCUT2D eigenvalue weighted by molar-refractivity contribution is -0.142. The van der Waals surface area contributed by atoms with Crippen LogP contribution in [0.15, 0.2) is 65.6 Å². The number of nitrogens with zero attached hydrogens (tertiary/aromatic N) is 3. The third kappa shape index (κ3) is 6.12. The second-order valence-electron chi connectivity index (χ2n) is 10.7. The molecule has 0 amide bonds. The smallest absolute Gasteiger partial charge is 0.417 e. The van der Waals surface area contributed by atoms with Gasteiger partial charge in [-0.15, -0.1) is 0 Å². The number of alkyl halides is 3. The maximum atomic E-state index is 14.7. The Morgan fingerprint density at radius 1 is 1.02 bits per heavy atom. The molecule has 1 saturated heterocycles. The van der Waals surface area contributed by atoms with Gasteiger partial charge < -0.3 is 9.64 Å². The molecule has 2 aliphatic rings. The average Bonchev–Trinajstić information content (AvgIpc) is 2.95. The van der Waals surface area contributed by atoms with Crippen molar-refractivity contribution in [1.82, 2.24) is 4.90 Å². The zero-order chi connectivity index (χ0) is 31.1. The number of allylic oxidation sites excluding steroid dienone is 1. The van der Waals surface area contributed by atoms with E-state index in [4.69, 9.17) is 4.74 Å². The van der Waals surface area contributed by atoms with Crippen LogP contribution in [0.3, 0.4) is 0 Å². The number of rotatable bonds is 6. The molecular weight excluding hydrogens is 586 g/mol. The van der Waals surface area contributed by atoms with Crippen molar-refractivity contribution in [1.29, 1.82) is 0 Å². The van der Waals surface area contributed by atoms with Gasteiger partial charge in [-0.3, -0.25) is 14.0 Å². The summed E-state index contributed by atoms with van der Waals surface area (Å²) in [5.41, 5.74) is 0.587. The van der Waals surface area contributed by atoms with Gasteiger partial charge in [0.15, 0.2) is 0 Å². The summed E-state index contributed by atoms with van der Waals surface area (Å²) in [5, 5.41) is 0. The Morgan fingerprint density at radius 2 is 1.77 bits per heavy atom. The molecular formula is C31H31F4N3O4S. The number of anilines is 2. The molecule has 12 heteroatoms. The summed E-state index contributed by atoms with van der Waals surface area (Å²) in [6.45, 7) is 4.83. The van der Waals surface area contributed by atoms with E-state index in [0.29, 0.717) is 36.6 Å². The van der Waals surface area contributed by atoms with Crippen LogP contribution in [0, 0.1) is 12.7 Å². The van der Waals surface area contributed by atoms with Crippen LogP contribution in [-0.2, 0) is 25.7 Å². The molecule has 43 heavy (non-hydrogen) atoms. The Morgan fingerprint density at radius 3 is 2.47 bits per heavy atom. The molecule has 0 aliphatic carbocycles. The number of sulfonamides is 1. The first kappa shape index (κ1) is 30.6. The largest absolute Gasteiger partial charge is 0.468 e. The Bertz CT molecular complexity index is 1690. The SMILES string of the molecule is COC(=O)CN1CCN2c3ccc(/C=C(\C)c4c(F)cccc4C(F)(F)F)cc3N(S(=O)(=O)c3cccc(C)c3)C[C@@H]2C1. The number of aryl methyl sites for hydroxylation is 1. The molecule has 0 radical (unpaired) electrons. The molecule has 3 aromatic rings. The van der Waals surface area contributed by atoms with Gasteiger partial charge in [0.1, 0.15) is 5.82 Å². The van der Waals surface area contributed by atoms with Crippen LogP contribution in [0.25, 0.3) is 11.6 Å². The van der Waals surface area contributed by atoms with Gasteiger partial charge in [-0.25, -0.2) is 12.8 Å². The van der Waals surface area contributed by atoms with Crippen molar-refractivity contribution in [2.45, 2.75) is 31.0 Å². The number of fused-ring (bicyclic) bond motifs is 3. The molecule has 0 spiro atoms. The first-order valence-electron chi connectivity index (χ1n) is 13.6. The highest BCUT2D eigenvalue weighted by Crippen LogP contribution is 2.42. The average molecular weight is 618 g/mol. The van der Waals surface area contributed by atoms with Crippen LogP contribution in [0.2, 0.25) is 0 Å². The minimum Gasteiger partial charge on any atom is -0.468 e. The summed E-state index contributed by atoms with van der Waals surface area (Å²) >= 11 is 0. The van der Waals surface area contributed by atoms with Crippen LogP contribution >= 0.6 is 0 Å². The highest BCUT2D eigenvalue weighted by molar-refractivity contribution is 7.92. The molecule has 3 aromatic carbocycles. The lowest BCUT2D eigenvalue weighted by atomic mass is 9.97. The van der Waals surface area contributed by atoms with E-state index in [2.05, 4.69) is 4.90 Å². The maximum absolute atomic E-state index is 14.7. The van der Waals surface area contributed by atoms with Crippen molar-refractivity contribution in [3.05, 3.63) is 88.7 Å². The van der Waals surface area contributed by atoms with Crippen molar-refractivity contribution in [2.24, 2.45) is 0 Å². The second-order valence-corrected chi connectivity index (χ2v) is 12.6. The van der Waals surface area contributed by atoms with E-state index in [-0.39, 0.29) is 35.6 Å². The summed E-state index contributed by atoms with van der Waals surface area (Å²) in [4.78, 5) is 16.0. The van der Waals surface area contributed by atoms with E-state index in [9.17, 15) is 30.8 Å². The van der Waals surface area contributed by atoms with E-state index in [1.165, 1.54) is 30.5 Å². The monoisotopic (exact) mass is 617 g/mol. The molecule has 0 bridgehead atoms. The predicted molar refractivity (Wildman–Crippen MR) is 157 cm³/mol. The van der Waals surface area contributed by atoms with Crippen molar-refractivity contribution in [3.63, 3.8) is 0 Å². The molecule has 1 fully saturated rings. The molecule has 2 heterocycles. The van der Waals surface area contributed by atoms with Gasteiger partial charge in [-0.2, -0.15) is 13.2 Å². The molecule has 0 aromatic heterocycles. The first-order chi connectivity index (χ1) is 20.3. The summed E-state index contributed by atoms with van der Waals surface area (Å²) in [5.74, 6) is -1.39. The highest BCUT2D eigenvalue weighted by Gasteiger charge is 2.40. The number of hydrogen-bond donors (Lipinski definition) is 0. The molecule has 2 aliphatic heterocycles. The fourth-order valence-electron chi connectivity index (χ4n) is 5.76. The summed E-state index contributed by atoms with van der Waals surface area (Å²) < 4.78 is 90.0. The third-order valence-electron chi connectivity index (χ3n) is 7.78. The van der Waals surface area contributed by atoms with Gasteiger partial charge in [0, 0.05) is 25.2 Å². The lowest BCUT2D eigenvalue weighted by Gasteiger charge is -2.49. The van der Waals surface area contributed by atoms with E-state index in [0.717, 1.165) is 23.8 Å². The zero-order valence-electron chi connectivity index (χ0n) is 23.9. The number of carbonyl (C=O) groups is 1. The molecule has 7 nitrogen and oxygen atoms in total. The number of methoxy groups -OCH3 is 1. The van der Waals surface area contributed by atoms with Gasteiger partial charge >= 0.3 is 12.1 Å². The van der Waals surface area contributed by atoms with Crippen LogP contribution in [-0.4, -0.2) is 65.2 Å². The maximum Gasteiger partial charge on any atom is 0.417 e. The Labute approximate surface area is 248 Å². The van der Waals surface area contributed by atoms with Gasteiger partial charge in [-0.1, -0.05) is 30.3 Å². The van der Waals surface area contributed by atoms with Gasteiger partial charge in [0.25, 0.3) is 10.0 Å². The Balaban J connectivity index is 1.59. The second kappa shape index (κ2) is 11.6. The topological polar surface area (TPSA) is 70.2 Å². The standard InChI is InChI=1S/C31H31F4N3O4S/c1-20-6-4-7-24(14-20)43(40,41)38-18-23-17-36(19-29(39)42-3)12-13-37(23)27-11-10-22(16-28(27)38)15-21(2)30-25(31(33,34)35)8-5-9-26(30)32/h4-11,14-16,23H,12-13,17-19H2,1-3H3/b21-15+/t23-/m0/s1. The molecule has 228 valence electrons. The fraction of sp³-hybridized carbons (Fsp3) is 0.323. The Hall–Kier alpha value is -3.90. The van der Waals surface area contributed by atoms with Crippen molar-refractivity contribution < 1.29 is 35.5 Å². The molecule has 0 saturated carbocycles. The number of carbonyl (C=O) groups excluding carboxylic acids is 1. The minimum atomic E-state index is -4.76. The minimum absolute atomic E-state index is 0.0450. The van der Waals surface area contributed by atoms with Crippen LogP contribution in [0.4, 0.5) is 28.9 Å². The number of benzene rings is 3. The first-order valence-corrected chi connectivity index (χ1v) is 15.1. The van der Waals surface area contributed by atoms with Gasteiger partial charge in [0.05, 0.1) is 48.1 Å². The van der Waals surface area contributed by atoms with E-state index in [1.54, 1.807) is 43.3 Å². The lowest BCUT2D eigenvalue weighted by Crippen LogP contribution is -2.61. The number of esters is 1. The Kier molecular flexibility index (Phi) is 8.28. The number of hydrogen-bond acceptors (Lipinski definition) is 6. The predicted octanol–water partition coefficient (Wildman–Crippen LogP) is 5.59. The molecule has 0 unspecified atom stereocenters. The van der Waals surface area contributed by atoms with E-state index in [1.807, 2.05) is 4.90 Å². The van der Waals surface area contributed by atoms with Crippen LogP contribution in [0.5, 0.6) is 0 Å². The number of halogens is 4. The molecule has 1 atom stereocenters. The van der Waals surface area contributed by atoms with Crippen molar-refractivity contribution >= 4 is 39.0 Å². The van der Waals surface area contributed by atoms with E-state index >= 15 is 0 Å². The van der Waals surface area contributed by atoms with Crippen LogP contribution in [0.1, 0.15) is 29.2 Å². The van der Waals surface area contributed by atoms with Crippen molar-refractivity contribution in [3.8, 4) is 0 Å².